The van der Waals surface area contributed by atoms with Gasteiger partial charge in [-0.2, -0.15) is 0 Å². The van der Waals surface area contributed by atoms with E-state index in [1.54, 1.807) is 64.2 Å². The second kappa shape index (κ2) is 2.25. The first-order valence-electron chi connectivity index (χ1n) is 8.30. The Morgan fingerprint density at radius 3 is 1.53 bits per heavy atom. The van der Waals surface area contributed by atoms with Crippen LogP contribution in [0, 0.1) is 39.9 Å². The number of fused-ring (bicyclic) bond motifs is 2. The highest BCUT2D eigenvalue weighted by molar-refractivity contribution is 5.29. The van der Waals surface area contributed by atoms with E-state index in [9.17, 15) is 0 Å². The van der Waals surface area contributed by atoms with Crippen LogP contribution in [-0.4, -0.2) is 0 Å². The summed E-state index contributed by atoms with van der Waals surface area (Å²) in [6.45, 7) is 0. The summed E-state index contributed by atoms with van der Waals surface area (Å²) in [4.78, 5) is 0. The minimum atomic E-state index is 0.923. The molecule has 6 fully saturated rings. The highest BCUT2D eigenvalue weighted by Crippen LogP contribution is 2.88. The summed E-state index contributed by atoms with van der Waals surface area (Å²) in [5.41, 5.74) is 2.80. The fourth-order valence-corrected chi connectivity index (χ4v) is 8.24. The molecule has 0 aromatic carbocycles. The molecule has 0 aromatic rings. The fraction of sp³-hybridized carbons (Fsp3) is 1.00. The molecule has 0 amide bonds. The van der Waals surface area contributed by atoms with Crippen LogP contribution in [0.4, 0.5) is 0 Å². The van der Waals surface area contributed by atoms with Crippen molar-refractivity contribution in [1.82, 2.24) is 0 Å². The van der Waals surface area contributed by atoms with Gasteiger partial charge >= 0.3 is 0 Å². The zero-order chi connectivity index (χ0) is 10.9. The van der Waals surface area contributed by atoms with Crippen LogP contribution in [0.25, 0.3) is 0 Å². The molecule has 92 valence electrons. The van der Waals surface area contributed by atoms with Crippen molar-refractivity contribution in [3.05, 3.63) is 0 Å². The summed E-state index contributed by atoms with van der Waals surface area (Å²) in [5, 5.41) is 0. The van der Waals surface area contributed by atoms with Crippen LogP contribution >= 0.6 is 0 Å². The first kappa shape index (κ1) is 8.99. The van der Waals surface area contributed by atoms with E-state index in [1.807, 2.05) is 0 Å². The minimum absolute atomic E-state index is 0.923. The smallest absolute Gasteiger partial charge is 0.0230 e. The van der Waals surface area contributed by atoms with Crippen molar-refractivity contribution in [2.75, 3.05) is 0 Å². The Morgan fingerprint density at radius 1 is 0.647 bits per heavy atom. The van der Waals surface area contributed by atoms with Gasteiger partial charge in [-0.1, -0.05) is 6.42 Å². The van der Waals surface area contributed by atoms with Crippen molar-refractivity contribution >= 4 is 0 Å². The van der Waals surface area contributed by atoms with Gasteiger partial charge in [0.25, 0.3) is 0 Å². The van der Waals surface area contributed by atoms with Gasteiger partial charge in [-0.05, 0) is 97.7 Å². The average molecular weight is 228 g/mol. The first-order chi connectivity index (χ1) is 8.30. The summed E-state index contributed by atoms with van der Waals surface area (Å²) < 4.78 is 0. The van der Waals surface area contributed by atoms with Crippen molar-refractivity contribution in [3.63, 3.8) is 0 Å². The maximum atomic E-state index is 1.71. The number of rotatable bonds is 0. The molecule has 0 saturated heterocycles. The molecule has 6 atom stereocenters. The Bertz CT molecular complexity index is 386. The predicted octanol–water partition coefficient (Wildman–Crippen LogP) is 4.39. The lowest BCUT2D eigenvalue weighted by atomic mass is 9.19. The molecule has 6 saturated carbocycles. The average Bonchev–Trinajstić information content (AvgIpc) is 2.27. The second-order valence-corrected chi connectivity index (χ2v) is 8.78. The van der Waals surface area contributed by atoms with Crippen LogP contribution in [0.5, 0.6) is 0 Å². The lowest BCUT2D eigenvalue weighted by Gasteiger charge is -2.85. The second-order valence-electron chi connectivity index (χ2n) is 8.78. The number of hydrogen-bond donors (Lipinski definition) is 0. The van der Waals surface area contributed by atoms with E-state index >= 15 is 0 Å². The van der Waals surface area contributed by atoms with Gasteiger partial charge in [0.1, 0.15) is 0 Å². The molecule has 0 heteroatoms. The molecule has 17 heavy (non-hydrogen) atoms. The molecule has 0 heterocycles. The molecule has 6 aliphatic carbocycles. The van der Waals surface area contributed by atoms with E-state index in [-0.39, 0.29) is 0 Å². The maximum Gasteiger partial charge on any atom is -0.0230 e. The third-order valence-electron chi connectivity index (χ3n) is 9.30. The normalized spacial score (nSPS) is 67.8. The van der Waals surface area contributed by atoms with Crippen LogP contribution in [0.1, 0.15) is 64.2 Å². The van der Waals surface area contributed by atoms with Gasteiger partial charge in [-0.3, -0.25) is 0 Å². The summed E-state index contributed by atoms with van der Waals surface area (Å²) in [7, 11) is 0. The van der Waals surface area contributed by atoms with E-state index in [4.69, 9.17) is 0 Å². The molecule has 3 spiro atoms. The molecular weight excluding hydrogens is 204 g/mol. The monoisotopic (exact) mass is 228 g/mol. The van der Waals surface area contributed by atoms with Crippen LogP contribution in [-0.2, 0) is 0 Å². The largest absolute Gasteiger partial charge is 0.0522 e. The van der Waals surface area contributed by atoms with Crippen molar-refractivity contribution in [1.29, 1.82) is 0 Å². The van der Waals surface area contributed by atoms with Gasteiger partial charge < -0.3 is 0 Å². The summed E-state index contributed by atoms with van der Waals surface area (Å²) in [6, 6.07) is 0. The lowest BCUT2D eigenvalue weighted by molar-refractivity contribution is -0.364. The van der Waals surface area contributed by atoms with E-state index in [0.717, 1.165) is 16.2 Å². The third-order valence-corrected chi connectivity index (χ3v) is 9.30. The lowest BCUT2D eigenvalue weighted by Crippen LogP contribution is -2.77. The predicted molar refractivity (Wildman–Crippen MR) is 67.4 cm³/mol. The number of hydrogen-bond acceptors (Lipinski definition) is 0. The quantitative estimate of drug-likeness (QED) is 0.576. The molecule has 0 N–H and O–H groups in total. The Morgan fingerprint density at radius 2 is 1.24 bits per heavy atom. The van der Waals surface area contributed by atoms with Gasteiger partial charge in [0.15, 0.2) is 0 Å². The Hall–Kier alpha value is 0. The van der Waals surface area contributed by atoms with Gasteiger partial charge in [0, 0.05) is 0 Å². The topological polar surface area (TPSA) is 0 Å². The van der Waals surface area contributed by atoms with E-state index in [1.165, 1.54) is 23.7 Å². The van der Waals surface area contributed by atoms with Gasteiger partial charge in [0.2, 0.25) is 0 Å². The molecule has 6 aliphatic rings. The van der Waals surface area contributed by atoms with Crippen molar-refractivity contribution in [2.24, 2.45) is 39.9 Å². The van der Waals surface area contributed by atoms with E-state index in [2.05, 4.69) is 0 Å². The Labute approximate surface area is 105 Å². The van der Waals surface area contributed by atoms with Gasteiger partial charge in [0.05, 0.1) is 0 Å². The highest BCUT2D eigenvalue weighted by atomic mass is 14.8. The Balaban J connectivity index is 1.50. The Kier molecular flexibility index (Phi) is 1.19. The zero-order valence-electron chi connectivity index (χ0n) is 10.9. The molecule has 6 rings (SSSR count). The molecular formula is C17H24. The molecule has 0 nitrogen and oxygen atoms in total. The van der Waals surface area contributed by atoms with Crippen molar-refractivity contribution in [3.8, 4) is 0 Å². The summed E-state index contributed by atoms with van der Waals surface area (Å²) >= 11 is 0. The molecule has 0 radical (unpaired) electrons. The minimum Gasteiger partial charge on any atom is -0.0522 e. The van der Waals surface area contributed by atoms with Crippen LogP contribution in [0.3, 0.4) is 0 Å². The highest BCUT2D eigenvalue weighted by Gasteiger charge is 2.80. The first-order valence-corrected chi connectivity index (χ1v) is 8.30. The third kappa shape index (κ3) is 0.640. The van der Waals surface area contributed by atoms with E-state index in [0.29, 0.717) is 0 Å². The van der Waals surface area contributed by atoms with Crippen molar-refractivity contribution in [2.45, 2.75) is 64.2 Å². The molecule has 0 aliphatic heterocycles. The van der Waals surface area contributed by atoms with Crippen LogP contribution < -0.4 is 0 Å². The summed E-state index contributed by atoms with van der Waals surface area (Å²) in [5.74, 6) is 4.86. The molecule has 0 aromatic heterocycles. The standard InChI is InChI=1S/C17H24/c1-4-15(5-1)13-8-11-2-6-16(11,13)10-17-7-3-12(17)9-14(15)17/h11-14H,1-10H2. The van der Waals surface area contributed by atoms with Crippen molar-refractivity contribution < 1.29 is 0 Å². The van der Waals surface area contributed by atoms with Crippen LogP contribution in [0.15, 0.2) is 0 Å². The van der Waals surface area contributed by atoms with Gasteiger partial charge in [-0.15, -0.1) is 0 Å². The fourth-order valence-electron chi connectivity index (χ4n) is 8.24. The molecule has 6 unspecified atom stereocenters. The zero-order valence-corrected chi connectivity index (χ0v) is 10.9. The summed E-state index contributed by atoms with van der Waals surface area (Å²) in [6.07, 6.45) is 16.4. The molecule has 0 bridgehead atoms. The van der Waals surface area contributed by atoms with Gasteiger partial charge in [-0.25, -0.2) is 0 Å². The maximum absolute atomic E-state index is 1.71. The SMILES string of the molecule is C1CC2(C1)C1CC3CCC31CC13CCC1CC32. The van der Waals surface area contributed by atoms with E-state index < -0.39 is 0 Å². The van der Waals surface area contributed by atoms with Crippen LogP contribution in [0.2, 0.25) is 0 Å².